The summed E-state index contributed by atoms with van der Waals surface area (Å²) in [5.74, 6) is -1.25. The van der Waals surface area contributed by atoms with E-state index in [1.54, 1.807) is 20.8 Å². The number of nitrogens with zero attached hydrogens (tertiary/aromatic N) is 1. The largest absolute Gasteiger partial charge is 0.479 e. The number of hydrogen-bond acceptors (Lipinski definition) is 5. The smallest absolute Gasteiger partial charge is 0.408 e. The fourth-order valence-corrected chi connectivity index (χ4v) is 1.78. The monoisotopic (exact) mass is 341 g/mol. The molecule has 4 N–H and O–H groups in total. The molecule has 9 heteroatoms. The molecule has 126 valence electrons. The summed E-state index contributed by atoms with van der Waals surface area (Å²) in [6.45, 7) is 5.01. The molecular formula is C14H19N3O5S. The van der Waals surface area contributed by atoms with Crippen molar-refractivity contribution < 1.29 is 24.2 Å². The number of carbonyl (C=O) groups is 3. The molecule has 3 amide bonds. The van der Waals surface area contributed by atoms with Crippen molar-refractivity contribution in [3.63, 3.8) is 0 Å². The van der Waals surface area contributed by atoms with Crippen molar-refractivity contribution in [1.82, 2.24) is 5.32 Å². The number of aliphatic carboxylic acids is 1. The number of carboxylic acids is 1. The van der Waals surface area contributed by atoms with Crippen LogP contribution in [0, 0.1) is 0 Å². The molecule has 0 spiro atoms. The number of ether oxygens (including phenoxy) is 1. The van der Waals surface area contributed by atoms with Gasteiger partial charge in [0, 0.05) is 0 Å². The van der Waals surface area contributed by atoms with Crippen molar-refractivity contribution in [2.45, 2.75) is 32.4 Å². The third-order valence-electron chi connectivity index (χ3n) is 2.59. The number of amides is 3. The highest BCUT2D eigenvalue weighted by Crippen LogP contribution is 2.21. The maximum absolute atomic E-state index is 11.7. The van der Waals surface area contributed by atoms with Crippen LogP contribution in [-0.4, -0.2) is 28.8 Å². The predicted octanol–water partition coefficient (Wildman–Crippen LogP) is 2.07. The number of carboxylic acid groups (broad SMARTS) is 1. The first-order valence-electron chi connectivity index (χ1n) is 6.62. The maximum Gasteiger partial charge on any atom is 0.408 e. The molecule has 0 radical (unpaired) electrons. The van der Waals surface area contributed by atoms with Crippen LogP contribution in [0.3, 0.4) is 0 Å². The Morgan fingerprint density at radius 2 is 1.78 bits per heavy atom. The molecule has 23 heavy (non-hydrogen) atoms. The van der Waals surface area contributed by atoms with Gasteiger partial charge in [0.15, 0.2) is 6.04 Å². The second-order valence-electron chi connectivity index (χ2n) is 5.66. The average molecular weight is 341 g/mol. The Labute approximate surface area is 139 Å². The van der Waals surface area contributed by atoms with Gasteiger partial charge >= 0.3 is 18.1 Å². The number of alkyl carbamates (subject to hydrolysis) is 1. The lowest BCUT2D eigenvalue weighted by molar-refractivity contribution is -0.139. The summed E-state index contributed by atoms with van der Waals surface area (Å²) in [5, 5.41) is 11.5. The second-order valence-corrected chi connectivity index (χ2v) is 6.06. The highest BCUT2D eigenvalue weighted by molar-refractivity contribution is 7.82. The molecule has 8 nitrogen and oxygen atoms in total. The van der Waals surface area contributed by atoms with Crippen molar-refractivity contribution in [3.8, 4) is 0 Å². The summed E-state index contributed by atoms with van der Waals surface area (Å²) in [4.78, 5) is 34.1. The van der Waals surface area contributed by atoms with Crippen LogP contribution in [0.25, 0.3) is 0 Å². The first kappa shape index (κ1) is 18.6. The third kappa shape index (κ3) is 5.70. The third-order valence-corrected chi connectivity index (χ3v) is 3.02. The Kier molecular flexibility index (Phi) is 5.85. The fourth-order valence-electron chi connectivity index (χ4n) is 1.65. The van der Waals surface area contributed by atoms with E-state index in [2.05, 4.69) is 18.1 Å². The van der Waals surface area contributed by atoms with Crippen molar-refractivity contribution in [2.24, 2.45) is 5.73 Å². The minimum Gasteiger partial charge on any atom is -0.479 e. The molecular weight excluding hydrogens is 322 g/mol. The average Bonchev–Trinajstić information content (AvgIpc) is 2.42. The van der Waals surface area contributed by atoms with Gasteiger partial charge in [-0.3, -0.25) is 0 Å². The van der Waals surface area contributed by atoms with Gasteiger partial charge in [0.05, 0.1) is 5.69 Å². The number of rotatable bonds is 4. The van der Waals surface area contributed by atoms with Crippen molar-refractivity contribution >= 4 is 36.6 Å². The highest BCUT2D eigenvalue weighted by Gasteiger charge is 2.25. The van der Waals surface area contributed by atoms with Gasteiger partial charge in [-0.1, -0.05) is 24.9 Å². The molecule has 0 fully saturated rings. The van der Waals surface area contributed by atoms with Crippen LogP contribution in [0.5, 0.6) is 0 Å². The van der Waals surface area contributed by atoms with E-state index in [9.17, 15) is 19.5 Å². The predicted molar refractivity (Wildman–Crippen MR) is 87.2 cm³/mol. The zero-order valence-corrected chi connectivity index (χ0v) is 13.8. The number of carbonyl (C=O) groups excluding carboxylic acids is 2. The summed E-state index contributed by atoms with van der Waals surface area (Å²) >= 11 is 3.90. The normalized spacial score (nSPS) is 12.2. The van der Waals surface area contributed by atoms with Crippen LogP contribution < -0.4 is 15.4 Å². The summed E-state index contributed by atoms with van der Waals surface area (Å²) in [7, 11) is 0. The standard InChI is InChI=1S/C14H19N3O5S/c1-14(2,3)22-13(21)16-10(11(18)19)8-4-6-9(7-5-8)17(23)12(15)20/h4-7,10,23H,1-3H3,(H2,15,20)(H,16,21)(H,18,19). The van der Waals surface area contributed by atoms with Crippen molar-refractivity contribution in [1.29, 1.82) is 0 Å². The summed E-state index contributed by atoms with van der Waals surface area (Å²) in [5.41, 5.74) is 5.01. The van der Waals surface area contributed by atoms with E-state index in [0.717, 1.165) is 4.31 Å². The molecule has 1 aromatic rings. The Hall–Kier alpha value is -2.42. The molecule has 1 rings (SSSR count). The SMILES string of the molecule is CC(C)(C)OC(=O)NC(C(=O)O)c1ccc(N(S)C(N)=O)cc1. The van der Waals surface area contributed by atoms with Crippen LogP contribution in [0.2, 0.25) is 0 Å². The number of urea groups is 1. The van der Waals surface area contributed by atoms with Gasteiger partial charge in [0.1, 0.15) is 5.60 Å². The summed E-state index contributed by atoms with van der Waals surface area (Å²) in [6, 6.07) is 3.73. The number of hydrogen-bond donors (Lipinski definition) is 4. The van der Waals surface area contributed by atoms with Crippen LogP contribution >= 0.6 is 12.8 Å². The summed E-state index contributed by atoms with van der Waals surface area (Å²) < 4.78 is 5.94. The zero-order valence-electron chi connectivity index (χ0n) is 12.9. The molecule has 1 unspecified atom stereocenters. The van der Waals surface area contributed by atoms with Gasteiger partial charge in [0.2, 0.25) is 0 Å². The molecule has 0 bridgehead atoms. The Morgan fingerprint density at radius 1 is 1.26 bits per heavy atom. The van der Waals surface area contributed by atoms with E-state index < -0.39 is 29.7 Å². The van der Waals surface area contributed by atoms with Crippen LogP contribution in [0.15, 0.2) is 24.3 Å². The topological polar surface area (TPSA) is 122 Å². The molecule has 0 aliphatic carbocycles. The minimum absolute atomic E-state index is 0.304. The van der Waals surface area contributed by atoms with E-state index >= 15 is 0 Å². The molecule has 0 heterocycles. The lowest BCUT2D eigenvalue weighted by atomic mass is 10.1. The number of nitrogens with two attached hydrogens (primary N) is 1. The van der Waals surface area contributed by atoms with Crippen molar-refractivity contribution in [2.75, 3.05) is 4.31 Å². The lowest BCUT2D eigenvalue weighted by Gasteiger charge is -2.22. The highest BCUT2D eigenvalue weighted by atomic mass is 32.1. The maximum atomic E-state index is 11.7. The molecule has 0 aliphatic rings. The van der Waals surface area contributed by atoms with Gasteiger partial charge in [0.25, 0.3) is 0 Å². The number of nitrogens with one attached hydrogen (secondary N) is 1. The van der Waals surface area contributed by atoms with Crippen LogP contribution in [-0.2, 0) is 9.53 Å². The van der Waals surface area contributed by atoms with E-state index in [4.69, 9.17) is 10.5 Å². The number of thiol groups is 1. The van der Waals surface area contributed by atoms with E-state index in [1.807, 2.05) is 0 Å². The lowest BCUT2D eigenvalue weighted by Crippen LogP contribution is -2.38. The first-order valence-corrected chi connectivity index (χ1v) is 7.02. The Bertz CT molecular complexity index is 597. The quantitative estimate of drug-likeness (QED) is 0.625. The molecule has 0 aromatic heterocycles. The van der Waals surface area contributed by atoms with Crippen molar-refractivity contribution in [3.05, 3.63) is 29.8 Å². The molecule has 1 atom stereocenters. The molecule has 0 saturated carbocycles. The fraction of sp³-hybridized carbons (Fsp3) is 0.357. The van der Waals surface area contributed by atoms with Gasteiger partial charge in [-0.15, -0.1) is 0 Å². The Morgan fingerprint density at radius 3 is 2.17 bits per heavy atom. The van der Waals surface area contributed by atoms with Gasteiger partial charge in [-0.05, 0) is 38.5 Å². The zero-order chi connectivity index (χ0) is 17.8. The number of benzene rings is 1. The van der Waals surface area contributed by atoms with Gasteiger partial charge in [-0.25, -0.2) is 18.7 Å². The molecule has 1 aromatic carbocycles. The number of primary amides is 1. The van der Waals surface area contributed by atoms with E-state index in [1.165, 1.54) is 24.3 Å². The first-order chi connectivity index (χ1) is 10.5. The van der Waals surface area contributed by atoms with E-state index in [0.29, 0.717) is 11.3 Å². The van der Waals surface area contributed by atoms with Crippen LogP contribution in [0.1, 0.15) is 32.4 Å². The van der Waals surface area contributed by atoms with Gasteiger partial charge < -0.3 is 20.9 Å². The number of anilines is 1. The molecule has 0 aliphatic heterocycles. The Balaban J connectivity index is 2.92. The molecule has 0 saturated heterocycles. The minimum atomic E-state index is -1.29. The summed E-state index contributed by atoms with van der Waals surface area (Å²) in [6.07, 6.45) is -0.845. The van der Waals surface area contributed by atoms with Gasteiger partial charge in [-0.2, -0.15) is 0 Å². The van der Waals surface area contributed by atoms with E-state index in [-0.39, 0.29) is 0 Å². The second kappa shape index (κ2) is 7.23. The van der Waals surface area contributed by atoms with Crippen LogP contribution in [0.4, 0.5) is 15.3 Å².